The molecular formula is C11H13NO6. The number of carbonyl (C=O) groups is 1. The van der Waals surface area contributed by atoms with Crippen LogP contribution in [0.2, 0.25) is 0 Å². The molecule has 1 aromatic rings. The fourth-order valence-corrected chi connectivity index (χ4v) is 1.25. The highest BCUT2D eigenvalue weighted by atomic mass is 16.6. The predicted molar refractivity (Wildman–Crippen MR) is 61.6 cm³/mol. The Morgan fingerprint density at radius 1 is 1.56 bits per heavy atom. The summed E-state index contributed by atoms with van der Waals surface area (Å²) in [6.07, 6.45) is -1.09. The number of hydrogen-bond donors (Lipinski definition) is 1. The van der Waals surface area contributed by atoms with Crippen molar-refractivity contribution in [2.45, 2.75) is 13.0 Å². The number of ether oxygens (including phenoxy) is 2. The van der Waals surface area contributed by atoms with Crippen molar-refractivity contribution in [3.63, 3.8) is 0 Å². The van der Waals surface area contributed by atoms with Gasteiger partial charge in [0.2, 0.25) is 0 Å². The highest BCUT2D eigenvalue weighted by Gasteiger charge is 2.18. The second-order valence-corrected chi connectivity index (χ2v) is 3.35. The standard InChI is InChI=1S/C11H13NO6/c1-2-17-10(11(13)14)7-18-9-5-3-4-8(6-9)12(15)16/h3-6,10H,2,7H2,1H3,(H,13,14). The molecule has 0 spiro atoms. The van der Waals surface area contributed by atoms with E-state index < -0.39 is 17.0 Å². The van der Waals surface area contributed by atoms with Gasteiger partial charge in [-0.05, 0) is 13.0 Å². The summed E-state index contributed by atoms with van der Waals surface area (Å²) in [4.78, 5) is 20.8. The van der Waals surface area contributed by atoms with Gasteiger partial charge in [-0.2, -0.15) is 0 Å². The molecule has 1 rings (SSSR count). The lowest BCUT2D eigenvalue weighted by molar-refractivity contribution is -0.384. The normalized spacial score (nSPS) is 11.8. The fourth-order valence-electron chi connectivity index (χ4n) is 1.25. The monoisotopic (exact) mass is 255 g/mol. The van der Waals surface area contributed by atoms with E-state index in [1.807, 2.05) is 0 Å². The molecule has 0 aliphatic rings. The lowest BCUT2D eigenvalue weighted by atomic mass is 10.3. The Hall–Kier alpha value is -2.15. The Balaban J connectivity index is 2.64. The molecule has 1 aromatic carbocycles. The van der Waals surface area contributed by atoms with Crippen molar-refractivity contribution in [3.05, 3.63) is 34.4 Å². The van der Waals surface area contributed by atoms with E-state index in [-0.39, 0.29) is 24.7 Å². The van der Waals surface area contributed by atoms with E-state index in [0.29, 0.717) is 0 Å². The van der Waals surface area contributed by atoms with Crippen molar-refractivity contribution in [1.82, 2.24) is 0 Å². The highest BCUT2D eigenvalue weighted by Crippen LogP contribution is 2.19. The van der Waals surface area contributed by atoms with Crippen molar-refractivity contribution in [1.29, 1.82) is 0 Å². The van der Waals surface area contributed by atoms with Gasteiger partial charge in [0.05, 0.1) is 11.0 Å². The van der Waals surface area contributed by atoms with Crippen LogP contribution >= 0.6 is 0 Å². The van der Waals surface area contributed by atoms with Crippen molar-refractivity contribution in [2.75, 3.05) is 13.2 Å². The third-order valence-electron chi connectivity index (χ3n) is 2.07. The molecule has 18 heavy (non-hydrogen) atoms. The molecule has 0 aliphatic heterocycles. The Kier molecular flexibility index (Phi) is 5.06. The quantitative estimate of drug-likeness (QED) is 0.585. The molecule has 0 heterocycles. The lowest BCUT2D eigenvalue weighted by Gasteiger charge is -2.13. The number of aliphatic carboxylic acids is 1. The Labute approximate surface area is 103 Å². The zero-order valence-corrected chi connectivity index (χ0v) is 9.74. The van der Waals surface area contributed by atoms with Crippen LogP contribution in [0.25, 0.3) is 0 Å². The van der Waals surface area contributed by atoms with Crippen molar-refractivity contribution in [3.8, 4) is 5.75 Å². The summed E-state index contributed by atoms with van der Waals surface area (Å²) >= 11 is 0. The van der Waals surface area contributed by atoms with E-state index in [1.54, 1.807) is 6.92 Å². The molecule has 0 aromatic heterocycles. The average molecular weight is 255 g/mol. The van der Waals surface area contributed by atoms with Gasteiger partial charge < -0.3 is 14.6 Å². The number of rotatable bonds is 7. The van der Waals surface area contributed by atoms with Gasteiger partial charge in [-0.25, -0.2) is 4.79 Å². The van der Waals surface area contributed by atoms with E-state index in [2.05, 4.69) is 0 Å². The molecule has 0 radical (unpaired) electrons. The van der Waals surface area contributed by atoms with Crippen LogP contribution in [-0.4, -0.2) is 35.3 Å². The zero-order chi connectivity index (χ0) is 13.5. The van der Waals surface area contributed by atoms with Crippen molar-refractivity contribution in [2.24, 2.45) is 0 Å². The molecule has 98 valence electrons. The van der Waals surface area contributed by atoms with Crippen LogP contribution in [0.1, 0.15) is 6.92 Å². The number of non-ortho nitro benzene ring substituents is 1. The average Bonchev–Trinajstić information content (AvgIpc) is 2.34. The third kappa shape index (κ3) is 4.02. The van der Waals surface area contributed by atoms with Gasteiger partial charge in [0.25, 0.3) is 5.69 Å². The summed E-state index contributed by atoms with van der Waals surface area (Å²) in [6, 6.07) is 5.52. The van der Waals surface area contributed by atoms with Gasteiger partial charge in [0.1, 0.15) is 12.4 Å². The second kappa shape index (κ2) is 6.55. The summed E-state index contributed by atoms with van der Waals surface area (Å²) in [6.45, 7) is 1.71. The molecule has 0 aliphatic carbocycles. The minimum atomic E-state index is -1.14. The molecule has 0 bridgehead atoms. The first-order valence-electron chi connectivity index (χ1n) is 5.26. The topological polar surface area (TPSA) is 98.9 Å². The van der Waals surface area contributed by atoms with E-state index in [4.69, 9.17) is 14.6 Å². The third-order valence-corrected chi connectivity index (χ3v) is 2.07. The number of carboxylic acid groups (broad SMARTS) is 1. The second-order valence-electron chi connectivity index (χ2n) is 3.35. The smallest absolute Gasteiger partial charge is 0.336 e. The minimum Gasteiger partial charge on any atom is -0.490 e. The van der Waals surface area contributed by atoms with Gasteiger partial charge in [-0.1, -0.05) is 6.07 Å². The molecule has 0 saturated carbocycles. The molecule has 1 N–H and O–H groups in total. The van der Waals surface area contributed by atoms with Crippen molar-refractivity contribution >= 4 is 11.7 Å². The summed E-state index contributed by atoms with van der Waals surface area (Å²) in [7, 11) is 0. The van der Waals surface area contributed by atoms with E-state index in [9.17, 15) is 14.9 Å². The number of nitrogens with zero attached hydrogens (tertiary/aromatic N) is 1. The number of carboxylic acids is 1. The largest absolute Gasteiger partial charge is 0.490 e. The molecule has 0 saturated heterocycles. The molecule has 0 amide bonds. The number of nitro benzene ring substituents is 1. The number of hydrogen-bond acceptors (Lipinski definition) is 5. The SMILES string of the molecule is CCOC(COc1cccc([N+](=O)[O-])c1)C(=O)O. The lowest BCUT2D eigenvalue weighted by Crippen LogP contribution is -2.30. The van der Waals surface area contributed by atoms with Crippen LogP contribution in [-0.2, 0) is 9.53 Å². The molecule has 1 atom stereocenters. The Morgan fingerprint density at radius 3 is 2.83 bits per heavy atom. The molecule has 7 nitrogen and oxygen atoms in total. The van der Waals surface area contributed by atoms with Crippen LogP contribution in [0, 0.1) is 10.1 Å². The van der Waals surface area contributed by atoms with E-state index >= 15 is 0 Å². The van der Waals surface area contributed by atoms with Gasteiger partial charge in [0, 0.05) is 12.7 Å². The van der Waals surface area contributed by atoms with Crippen molar-refractivity contribution < 1.29 is 24.3 Å². The Morgan fingerprint density at radius 2 is 2.28 bits per heavy atom. The summed E-state index contributed by atoms with van der Waals surface area (Å²) in [5.41, 5.74) is -0.115. The first kappa shape index (κ1) is 13.9. The van der Waals surface area contributed by atoms with Gasteiger partial charge in [-0.3, -0.25) is 10.1 Å². The number of nitro groups is 1. The zero-order valence-electron chi connectivity index (χ0n) is 9.74. The minimum absolute atomic E-state index is 0.115. The molecule has 7 heteroatoms. The fraction of sp³-hybridized carbons (Fsp3) is 0.364. The number of benzene rings is 1. The first-order valence-corrected chi connectivity index (χ1v) is 5.26. The first-order chi connectivity index (χ1) is 8.54. The van der Waals surface area contributed by atoms with Crippen LogP contribution in [0.3, 0.4) is 0 Å². The molecule has 1 unspecified atom stereocenters. The van der Waals surface area contributed by atoms with E-state index in [0.717, 1.165) is 0 Å². The van der Waals surface area contributed by atoms with Crippen LogP contribution in [0.5, 0.6) is 5.75 Å². The van der Waals surface area contributed by atoms with Gasteiger partial charge >= 0.3 is 5.97 Å². The van der Waals surface area contributed by atoms with Gasteiger partial charge in [-0.15, -0.1) is 0 Å². The summed E-state index contributed by atoms with van der Waals surface area (Å²) in [5, 5.41) is 19.3. The van der Waals surface area contributed by atoms with E-state index in [1.165, 1.54) is 24.3 Å². The van der Waals surface area contributed by atoms with Crippen LogP contribution < -0.4 is 4.74 Å². The highest BCUT2D eigenvalue weighted by molar-refractivity contribution is 5.72. The molecule has 0 fully saturated rings. The van der Waals surface area contributed by atoms with Crippen LogP contribution in [0.4, 0.5) is 5.69 Å². The maximum atomic E-state index is 10.8. The maximum absolute atomic E-state index is 10.8. The van der Waals surface area contributed by atoms with Crippen LogP contribution in [0.15, 0.2) is 24.3 Å². The Bertz CT molecular complexity index is 433. The van der Waals surface area contributed by atoms with Gasteiger partial charge in [0.15, 0.2) is 6.10 Å². The summed E-state index contributed by atoms with van der Waals surface area (Å²) < 4.78 is 10.1. The maximum Gasteiger partial charge on any atom is 0.336 e. The summed E-state index contributed by atoms with van der Waals surface area (Å²) in [5.74, 6) is -0.905. The predicted octanol–water partition coefficient (Wildman–Crippen LogP) is 1.46. The molecular weight excluding hydrogens is 242 g/mol.